The number of ether oxygens (including phenoxy) is 2. The van der Waals surface area contributed by atoms with E-state index in [2.05, 4.69) is 38.2 Å². The van der Waals surface area contributed by atoms with Crippen LogP contribution < -0.4 is 29.6 Å². The van der Waals surface area contributed by atoms with E-state index in [9.17, 15) is 22.6 Å². The molecule has 0 aliphatic rings. The van der Waals surface area contributed by atoms with Crippen LogP contribution in [0.15, 0.2) is 47.4 Å². The molecular weight excluding hydrogens is 840 g/mol. The van der Waals surface area contributed by atoms with Crippen molar-refractivity contribution in [3.8, 4) is 0 Å². The van der Waals surface area contributed by atoms with Crippen molar-refractivity contribution >= 4 is 22.1 Å². The molecule has 0 spiro atoms. The molecule has 0 heterocycles. The largest absolute Gasteiger partial charge is 1.00 e. The molecule has 0 fully saturated rings. The van der Waals surface area contributed by atoms with E-state index in [1.54, 1.807) is 0 Å². The van der Waals surface area contributed by atoms with Gasteiger partial charge in [0.05, 0.1) is 29.2 Å². The van der Waals surface area contributed by atoms with Crippen molar-refractivity contribution in [2.24, 2.45) is 0 Å². The van der Waals surface area contributed by atoms with Crippen LogP contribution in [0.3, 0.4) is 0 Å². The summed E-state index contributed by atoms with van der Waals surface area (Å²) in [7, 11) is -4.82. The van der Waals surface area contributed by atoms with Gasteiger partial charge in [0.1, 0.15) is 10.1 Å². The molecule has 0 aliphatic carbocycles. The summed E-state index contributed by atoms with van der Waals surface area (Å²) in [6.07, 6.45) is 59.4. The number of allylic oxidation sites excluding steroid dienone is 4. The van der Waals surface area contributed by atoms with Gasteiger partial charge < -0.3 is 14.0 Å². The number of esters is 2. The molecule has 0 saturated heterocycles. The first-order valence-electron chi connectivity index (χ1n) is 27.0. The number of hydrogen-bond donors (Lipinski definition) is 0. The minimum absolute atomic E-state index is 0. The summed E-state index contributed by atoms with van der Waals surface area (Å²) >= 11 is 0. The third-order valence-electron chi connectivity index (χ3n) is 12.5. The topological polar surface area (TPSA) is 110 Å². The Balaban J connectivity index is 0.0000410. The molecule has 0 atom stereocenters. The van der Waals surface area contributed by atoms with Gasteiger partial charge in [-0.3, -0.25) is 0 Å². The van der Waals surface area contributed by atoms with E-state index >= 15 is 0 Å². The number of hydrogen-bond acceptors (Lipinski definition) is 7. The van der Waals surface area contributed by atoms with Crippen LogP contribution in [0.25, 0.3) is 0 Å². The SMILES string of the molecule is CCCCCCCCCC/C=C/CCCCCCCCCCCCOC(=O)c1ccc(S(=O)(=O)[O-])cc1C(=O)OCCCCCCCCCCCC/C=C/CCCCCCCCCC.[Na+]. The zero-order chi connectivity index (χ0) is 46.4. The van der Waals surface area contributed by atoms with E-state index in [0.717, 1.165) is 50.7 Å². The second-order valence-corrected chi connectivity index (χ2v) is 19.9. The number of unbranched alkanes of at least 4 members (excludes halogenated alkanes) is 36. The van der Waals surface area contributed by atoms with Crippen LogP contribution in [0, 0.1) is 0 Å². The van der Waals surface area contributed by atoms with Gasteiger partial charge in [0, 0.05) is 0 Å². The number of benzene rings is 1. The molecule has 1 aromatic rings. The van der Waals surface area contributed by atoms with E-state index in [-0.39, 0.29) is 53.9 Å². The number of rotatable bonds is 47. The average molecular weight is 937 g/mol. The summed E-state index contributed by atoms with van der Waals surface area (Å²) in [4.78, 5) is 25.4. The van der Waals surface area contributed by atoms with Crippen LogP contribution in [0.5, 0.6) is 0 Å². The van der Waals surface area contributed by atoms with Gasteiger partial charge in [-0.25, -0.2) is 18.0 Å². The van der Waals surface area contributed by atoms with E-state index in [0.29, 0.717) is 12.8 Å². The fraction of sp³-hybridized carbons (Fsp3) is 0.786. The van der Waals surface area contributed by atoms with E-state index in [1.165, 1.54) is 212 Å². The van der Waals surface area contributed by atoms with Crippen molar-refractivity contribution in [2.45, 2.75) is 276 Å². The fourth-order valence-electron chi connectivity index (χ4n) is 8.33. The molecule has 0 amide bonds. The minimum atomic E-state index is -4.82. The Bertz CT molecular complexity index is 1410. The molecule has 65 heavy (non-hydrogen) atoms. The Morgan fingerprint density at radius 1 is 0.415 bits per heavy atom. The van der Waals surface area contributed by atoms with E-state index < -0.39 is 27.0 Å². The monoisotopic (exact) mass is 937 g/mol. The molecule has 1 rings (SSSR count). The first-order valence-corrected chi connectivity index (χ1v) is 28.5. The third-order valence-corrected chi connectivity index (χ3v) is 13.3. The first-order chi connectivity index (χ1) is 31.3. The van der Waals surface area contributed by atoms with E-state index in [1.807, 2.05) is 0 Å². The zero-order valence-corrected chi connectivity index (χ0v) is 45.3. The molecule has 0 radical (unpaired) electrons. The predicted molar refractivity (Wildman–Crippen MR) is 269 cm³/mol. The van der Waals surface area contributed by atoms with Gasteiger partial charge in [-0.15, -0.1) is 0 Å². The van der Waals surface area contributed by atoms with Crippen LogP contribution in [-0.4, -0.2) is 38.1 Å². The summed E-state index contributed by atoms with van der Waals surface area (Å²) in [5, 5.41) is 0. The van der Waals surface area contributed by atoms with Crippen molar-refractivity contribution < 1.29 is 61.6 Å². The summed E-state index contributed by atoms with van der Waals surface area (Å²) < 4.78 is 46.0. The van der Waals surface area contributed by atoms with Crippen LogP contribution in [0.2, 0.25) is 0 Å². The van der Waals surface area contributed by atoms with Crippen LogP contribution >= 0.6 is 0 Å². The van der Waals surface area contributed by atoms with Crippen LogP contribution in [0.4, 0.5) is 0 Å². The number of carbonyl (C=O) groups excluding carboxylic acids is 2. The molecule has 0 aliphatic heterocycles. The molecule has 1 aromatic carbocycles. The second kappa shape index (κ2) is 47.6. The van der Waals surface area contributed by atoms with Crippen LogP contribution in [-0.2, 0) is 19.6 Å². The molecule has 0 bridgehead atoms. The van der Waals surface area contributed by atoms with Gasteiger partial charge >= 0.3 is 41.5 Å². The van der Waals surface area contributed by atoms with Gasteiger partial charge in [0.2, 0.25) is 0 Å². The maximum absolute atomic E-state index is 13.0. The molecule has 0 unspecified atom stereocenters. The smallest absolute Gasteiger partial charge is 0.744 e. The van der Waals surface area contributed by atoms with E-state index in [4.69, 9.17) is 9.47 Å². The normalized spacial score (nSPS) is 11.7. The Hall–Kier alpha value is -1.45. The first kappa shape index (κ1) is 63.5. The van der Waals surface area contributed by atoms with Crippen molar-refractivity contribution in [3.05, 3.63) is 53.6 Å². The van der Waals surface area contributed by atoms with Crippen molar-refractivity contribution in [2.75, 3.05) is 13.2 Å². The van der Waals surface area contributed by atoms with Gasteiger partial charge in [-0.05, 0) is 82.4 Å². The van der Waals surface area contributed by atoms with Gasteiger partial charge in [0.25, 0.3) is 0 Å². The fourth-order valence-corrected chi connectivity index (χ4v) is 8.83. The van der Waals surface area contributed by atoms with Gasteiger partial charge in [-0.1, -0.05) is 231 Å². The van der Waals surface area contributed by atoms with Crippen molar-refractivity contribution in [1.29, 1.82) is 0 Å². The molecule has 0 aromatic heterocycles. The molecule has 0 saturated carbocycles. The predicted octanol–water partition coefficient (Wildman–Crippen LogP) is 14.7. The van der Waals surface area contributed by atoms with Crippen molar-refractivity contribution in [1.82, 2.24) is 0 Å². The quantitative estimate of drug-likeness (QED) is 0.0210. The maximum atomic E-state index is 13.0. The zero-order valence-electron chi connectivity index (χ0n) is 42.5. The molecule has 7 nitrogen and oxygen atoms in total. The average Bonchev–Trinajstić information content (AvgIpc) is 3.28. The Morgan fingerprint density at radius 2 is 0.677 bits per heavy atom. The van der Waals surface area contributed by atoms with Gasteiger partial charge in [0.15, 0.2) is 0 Å². The Labute approximate surface area is 423 Å². The van der Waals surface area contributed by atoms with Crippen molar-refractivity contribution in [3.63, 3.8) is 0 Å². The minimum Gasteiger partial charge on any atom is -0.744 e. The number of carbonyl (C=O) groups is 2. The summed E-state index contributed by atoms with van der Waals surface area (Å²) in [6.45, 7) is 4.91. The second-order valence-electron chi connectivity index (χ2n) is 18.6. The molecular formula is C56H97NaO7S. The molecule has 0 N–H and O–H groups in total. The van der Waals surface area contributed by atoms with Crippen LogP contribution in [0.1, 0.15) is 291 Å². The standard InChI is InChI=1S/C56H98O7S.Na/c1-3-5-7-9-11-13-15-17-19-21-23-25-27-29-31-33-35-37-39-41-43-45-49-62-55(57)53-48-47-52(64(59,60)61)51-54(53)56(58)63-50-46-44-42-40-38-36-34-32-30-28-26-24-22-20-18-16-14-12-10-8-6-4-2;/h21-24,47-48,51H,3-20,25-46,49-50H2,1-2H3,(H,59,60,61);/q;+1/p-1/b23-21+,24-22+;. The Kier molecular flexibility index (Phi) is 46.5. The molecule has 9 heteroatoms. The van der Waals surface area contributed by atoms with Gasteiger partial charge in [-0.2, -0.15) is 0 Å². The summed E-state index contributed by atoms with van der Waals surface area (Å²) in [6, 6.07) is 3.16. The summed E-state index contributed by atoms with van der Waals surface area (Å²) in [5.74, 6) is -1.54. The molecule has 370 valence electrons. The Morgan fingerprint density at radius 3 is 0.969 bits per heavy atom. The maximum Gasteiger partial charge on any atom is 1.00 e. The summed E-state index contributed by atoms with van der Waals surface area (Å²) in [5.41, 5.74) is -0.333. The third kappa shape index (κ3) is 40.2.